The van der Waals surface area contributed by atoms with Crippen molar-refractivity contribution >= 4 is 5.78 Å². The molecule has 0 aromatic heterocycles. The van der Waals surface area contributed by atoms with Crippen molar-refractivity contribution in [2.45, 2.75) is 20.4 Å². The quantitative estimate of drug-likeness (QED) is 0.711. The zero-order valence-corrected chi connectivity index (χ0v) is 8.69. The Morgan fingerprint density at radius 3 is 2.20 bits per heavy atom. The second-order valence-corrected chi connectivity index (χ2v) is 1.67. The molecule has 0 rings (SSSR count). The summed E-state index contributed by atoms with van der Waals surface area (Å²) in [6.45, 7) is 5.12. The predicted octanol–water partition coefficient (Wildman–Crippen LogP) is 0.835. The predicted molar refractivity (Wildman–Crippen MR) is 39.9 cm³/mol. The molecule has 1 atom stereocenters. The van der Waals surface area contributed by atoms with E-state index < -0.39 is 0 Å². The standard InChI is InChI=1S/C6H11NO.CH4.Y/c1-5(7-3)4-6(2)8;;/h4-5,7H,1H2,2-3H3;1H4;/q-2;;. The van der Waals surface area contributed by atoms with Gasteiger partial charge in [-0.05, 0) is 19.8 Å². The fraction of sp³-hybridized carbons (Fsp3) is 0.571. The minimum Gasteiger partial charge on any atom is -0.372 e. The van der Waals surface area contributed by atoms with Crippen molar-refractivity contribution in [3.8, 4) is 0 Å². The van der Waals surface area contributed by atoms with Crippen LogP contribution in [-0.4, -0.2) is 18.9 Å². The molecule has 0 saturated heterocycles. The van der Waals surface area contributed by atoms with Gasteiger partial charge in [-0.15, -0.1) is 0 Å². The van der Waals surface area contributed by atoms with Gasteiger partial charge in [0.15, 0.2) is 0 Å². The topological polar surface area (TPSA) is 29.1 Å². The van der Waals surface area contributed by atoms with Gasteiger partial charge in [-0.25, -0.2) is 6.04 Å². The summed E-state index contributed by atoms with van der Waals surface area (Å²) in [6, 6.07) is -0.0486. The fourth-order valence-electron chi connectivity index (χ4n) is 0.367. The Labute approximate surface area is 89.0 Å². The maximum atomic E-state index is 10.3. The largest absolute Gasteiger partial charge is 0.372 e. The van der Waals surface area contributed by atoms with Crippen molar-refractivity contribution in [2.24, 2.45) is 0 Å². The molecule has 0 aromatic rings. The number of Topliss-reactive ketones (excluding diaryl/α,β-unsaturated/α-hetero) is 1. The van der Waals surface area contributed by atoms with Crippen LogP contribution < -0.4 is 5.32 Å². The molecule has 0 heterocycles. The Hall–Kier alpha value is 0.604. The van der Waals surface area contributed by atoms with E-state index in [1.54, 1.807) is 7.05 Å². The first-order valence-electron chi connectivity index (χ1n) is 2.52. The van der Waals surface area contributed by atoms with Gasteiger partial charge in [0.05, 0.1) is 0 Å². The first-order chi connectivity index (χ1) is 3.66. The van der Waals surface area contributed by atoms with Crippen LogP contribution >= 0.6 is 0 Å². The molecule has 0 aliphatic carbocycles. The summed E-state index contributed by atoms with van der Waals surface area (Å²) < 4.78 is 0. The monoisotopic (exact) mass is 218 g/mol. The third-order valence-electron chi connectivity index (χ3n) is 0.807. The normalized spacial score (nSPS) is 10.3. The Bertz CT molecular complexity index is 85.7. The molecule has 0 bridgehead atoms. The van der Waals surface area contributed by atoms with Gasteiger partial charge in [0.2, 0.25) is 0 Å². The Kier molecular flexibility index (Phi) is 16.2. The summed E-state index contributed by atoms with van der Waals surface area (Å²) in [4.78, 5) is 10.3. The van der Waals surface area contributed by atoms with Crippen molar-refractivity contribution in [3.63, 3.8) is 0 Å². The Balaban J connectivity index is -0.000000245. The molecule has 0 saturated carbocycles. The third kappa shape index (κ3) is 11.4. The van der Waals surface area contributed by atoms with Gasteiger partial charge in [0.25, 0.3) is 0 Å². The maximum Gasteiger partial charge on any atom is 0 e. The molecule has 0 aliphatic heterocycles. The summed E-state index contributed by atoms with van der Waals surface area (Å²) >= 11 is 0. The van der Waals surface area contributed by atoms with Crippen molar-refractivity contribution in [3.05, 3.63) is 13.3 Å². The van der Waals surface area contributed by atoms with Gasteiger partial charge in [0.1, 0.15) is 0 Å². The van der Waals surface area contributed by atoms with Gasteiger partial charge in [-0.3, -0.25) is 0 Å². The number of ketones is 1. The first-order valence-corrected chi connectivity index (χ1v) is 2.52. The van der Waals surface area contributed by atoms with E-state index in [2.05, 4.69) is 12.2 Å². The van der Waals surface area contributed by atoms with Crippen LogP contribution in [-0.2, 0) is 37.5 Å². The van der Waals surface area contributed by atoms with Gasteiger partial charge in [-0.2, -0.15) is 0 Å². The molecule has 10 heavy (non-hydrogen) atoms. The number of hydrogen-bond acceptors (Lipinski definition) is 2. The number of carbonyl (C=O) groups excluding carboxylic acids is 1. The van der Waals surface area contributed by atoms with Gasteiger partial charge < -0.3 is 23.5 Å². The van der Waals surface area contributed by atoms with Crippen LogP contribution in [0.1, 0.15) is 14.4 Å². The van der Waals surface area contributed by atoms with E-state index in [-0.39, 0.29) is 52.0 Å². The molecule has 1 radical (unpaired) electrons. The average Bonchev–Trinajstić information content (AvgIpc) is 1.65. The van der Waals surface area contributed by atoms with E-state index in [0.29, 0.717) is 0 Å². The number of hydrogen-bond donors (Lipinski definition) is 1. The minimum absolute atomic E-state index is 0. The van der Waals surface area contributed by atoms with Gasteiger partial charge in [0, 0.05) is 32.7 Å². The molecule has 3 heteroatoms. The third-order valence-corrected chi connectivity index (χ3v) is 0.807. The van der Waals surface area contributed by atoms with E-state index >= 15 is 0 Å². The summed E-state index contributed by atoms with van der Waals surface area (Å²) in [5, 5.41) is 2.81. The van der Waals surface area contributed by atoms with Gasteiger partial charge in [-0.1, -0.05) is 7.43 Å². The van der Waals surface area contributed by atoms with Gasteiger partial charge >= 0.3 is 0 Å². The SMILES string of the molecule is C.[CH2-]C([CH-]C(C)=O)NC.[Y]. The summed E-state index contributed by atoms with van der Waals surface area (Å²) in [7, 11) is 1.76. The summed E-state index contributed by atoms with van der Waals surface area (Å²) in [5.74, 6) is 0.0550. The molecule has 1 unspecified atom stereocenters. The van der Waals surface area contributed by atoms with Crippen molar-refractivity contribution in [1.82, 2.24) is 5.32 Å². The molecule has 0 fully saturated rings. The van der Waals surface area contributed by atoms with Crippen LogP contribution in [0.2, 0.25) is 0 Å². The molecular formula is C7H15NOY-2. The van der Waals surface area contributed by atoms with E-state index in [1.807, 2.05) is 0 Å². The van der Waals surface area contributed by atoms with Crippen molar-refractivity contribution in [1.29, 1.82) is 0 Å². The molecule has 0 amide bonds. The smallest absolute Gasteiger partial charge is 0 e. The van der Waals surface area contributed by atoms with Crippen LogP contribution in [0.3, 0.4) is 0 Å². The average molecular weight is 218 g/mol. The first kappa shape index (κ1) is 16.9. The molecular weight excluding hydrogens is 203 g/mol. The zero-order valence-electron chi connectivity index (χ0n) is 5.85. The molecule has 59 valence electrons. The van der Waals surface area contributed by atoms with Crippen LogP contribution in [0.4, 0.5) is 0 Å². The Morgan fingerprint density at radius 2 is 2.10 bits per heavy atom. The number of nitrogens with one attached hydrogen (secondary N) is 1. The van der Waals surface area contributed by atoms with Crippen molar-refractivity contribution < 1.29 is 37.5 Å². The molecule has 1 N–H and O–H groups in total. The number of carbonyl (C=O) groups is 1. The van der Waals surface area contributed by atoms with Crippen molar-refractivity contribution in [2.75, 3.05) is 7.05 Å². The number of rotatable bonds is 3. The fourth-order valence-corrected chi connectivity index (χ4v) is 0.367. The molecule has 0 spiro atoms. The zero-order chi connectivity index (χ0) is 6.57. The minimum atomic E-state index is -0.0486. The van der Waals surface area contributed by atoms with Crippen LogP contribution in [0.25, 0.3) is 0 Å². The maximum absolute atomic E-state index is 10.3. The molecule has 0 aromatic carbocycles. The van der Waals surface area contributed by atoms with E-state index in [4.69, 9.17) is 0 Å². The second-order valence-electron chi connectivity index (χ2n) is 1.67. The van der Waals surface area contributed by atoms with E-state index in [9.17, 15) is 4.79 Å². The van der Waals surface area contributed by atoms with E-state index in [1.165, 1.54) is 13.3 Å². The van der Waals surface area contributed by atoms with Crippen LogP contribution in [0, 0.1) is 13.3 Å². The van der Waals surface area contributed by atoms with E-state index in [0.717, 1.165) is 0 Å². The molecule has 0 aliphatic rings. The summed E-state index contributed by atoms with van der Waals surface area (Å²) in [6.07, 6.45) is 1.53. The van der Waals surface area contributed by atoms with Crippen LogP contribution in [0.15, 0.2) is 0 Å². The summed E-state index contributed by atoms with van der Waals surface area (Å²) in [5.41, 5.74) is 0. The molecule has 2 nitrogen and oxygen atoms in total. The van der Waals surface area contributed by atoms with Crippen LogP contribution in [0.5, 0.6) is 0 Å². The second kappa shape index (κ2) is 9.60. The Morgan fingerprint density at radius 1 is 1.70 bits per heavy atom.